The molecule has 32 valence electrons. The number of rotatable bonds is 0. The van der Waals surface area contributed by atoms with E-state index in [4.69, 9.17) is 14.4 Å². The molecule has 0 fully saturated rings. The molecule has 0 saturated heterocycles. The molecular formula is H6BO3P. The third-order valence-electron chi connectivity index (χ3n) is 0. The van der Waals surface area contributed by atoms with Crippen LogP contribution >= 0.6 is 8.25 Å². The van der Waals surface area contributed by atoms with Gasteiger partial charge in [-0.2, -0.15) is 0 Å². The van der Waals surface area contributed by atoms with Crippen LogP contribution in [0.3, 0.4) is 0 Å². The van der Waals surface area contributed by atoms with Crippen LogP contribution in [-0.4, -0.2) is 18.2 Å². The Morgan fingerprint density at radius 1 is 1.40 bits per heavy atom. The normalized spacial score (nSPS) is 7.00. The minimum atomic E-state index is -3.13. The second kappa shape index (κ2) is 4.21. The fraction of sp³-hybridized carbons (Fsp3) is 0. The summed E-state index contributed by atoms with van der Waals surface area (Å²) in [7, 11) is -3.13. The second-order valence-corrected chi connectivity index (χ2v) is 0.848. The van der Waals surface area contributed by atoms with Crippen molar-refractivity contribution >= 4 is 16.7 Å². The van der Waals surface area contributed by atoms with E-state index in [0.717, 1.165) is 0 Å². The van der Waals surface area contributed by atoms with Crippen LogP contribution in [0.15, 0.2) is 0 Å². The molecule has 2 N–H and O–H groups in total. The highest BCUT2D eigenvalue weighted by atomic mass is 31.1. The van der Waals surface area contributed by atoms with Crippen molar-refractivity contribution in [1.29, 1.82) is 0 Å². The molecule has 0 unspecified atom stereocenters. The summed E-state index contributed by atoms with van der Waals surface area (Å²) in [5.74, 6) is 0. The molecule has 5 heavy (non-hydrogen) atoms. The molecule has 0 bridgehead atoms. The van der Waals surface area contributed by atoms with Gasteiger partial charge in [-0.15, -0.1) is 0 Å². The highest BCUT2D eigenvalue weighted by Gasteiger charge is 1.61. The second-order valence-electron chi connectivity index (χ2n) is 0.283. The molecule has 0 saturated carbocycles. The molecule has 0 atom stereocenters. The van der Waals surface area contributed by atoms with E-state index in [9.17, 15) is 0 Å². The van der Waals surface area contributed by atoms with Gasteiger partial charge in [0.2, 0.25) is 0 Å². The summed E-state index contributed by atoms with van der Waals surface area (Å²) in [6, 6.07) is 0. The molecule has 0 aliphatic heterocycles. The largest absolute Gasteiger partial charge is 0.326 e. The predicted octanol–water partition coefficient (Wildman–Crippen LogP) is -1.82. The summed E-state index contributed by atoms with van der Waals surface area (Å²) < 4.78 is 8.74. The van der Waals surface area contributed by atoms with E-state index in [1.807, 2.05) is 0 Å². The molecule has 0 aliphatic rings. The monoisotopic (exact) mass is 96.0 g/mol. The van der Waals surface area contributed by atoms with E-state index >= 15 is 0 Å². The molecule has 0 amide bonds. The first-order valence-electron chi connectivity index (χ1n) is 0.651. The van der Waals surface area contributed by atoms with Crippen LogP contribution in [0.25, 0.3) is 0 Å². The van der Waals surface area contributed by atoms with Gasteiger partial charge < -0.3 is 9.79 Å². The van der Waals surface area contributed by atoms with Gasteiger partial charge in [-0.25, -0.2) is 0 Å². The van der Waals surface area contributed by atoms with Gasteiger partial charge >= 0.3 is 8.25 Å². The zero-order chi connectivity index (χ0) is 3.58. The van der Waals surface area contributed by atoms with Crippen molar-refractivity contribution in [3.8, 4) is 0 Å². The number of hydrogen-bond acceptors (Lipinski definition) is 1. The summed E-state index contributed by atoms with van der Waals surface area (Å²) in [5.41, 5.74) is 0. The molecule has 0 heterocycles. The Morgan fingerprint density at radius 2 is 1.40 bits per heavy atom. The summed E-state index contributed by atoms with van der Waals surface area (Å²) in [4.78, 5) is 14.3. The van der Waals surface area contributed by atoms with Crippen LogP contribution in [0.5, 0.6) is 0 Å². The molecule has 0 aromatic heterocycles. The van der Waals surface area contributed by atoms with Crippen LogP contribution in [0.4, 0.5) is 0 Å². The van der Waals surface area contributed by atoms with Crippen molar-refractivity contribution in [2.75, 3.05) is 0 Å². The minimum Gasteiger partial charge on any atom is -0.326 e. The Bertz CT molecular complexity index is 29.9. The first-order valence-corrected chi connectivity index (χ1v) is 1.95. The van der Waals surface area contributed by atoms with Crippen LogP contribution in [0.2, 0.25) is 0 Å². The van der Waals surface area contributed by atoms with Crippen molar-refractivity contribution in [2.45, 2.75) is 0 Å². The van der Waals surface area contributed by atoms with E-state index in [-0.39, 0.29) is 8.41 Å². The molecule has 0 aromatic rings. The fourth-order valence-corrected chi connectivity index (χ4v) is 0. The lowest BCUT2D eigenvalue weighted by Crippen LogP contribution is -1.38. The van der Waals surface area contributed by atoms with Crippen molar-refractivity contribution in [3.05, 3.63) is 0 Å². The summed E-state index contributed by atoms with van der Waals surface area (Å²) in [6.07, 6.45) is 0. The molecule has 0 radical (unpaired) electrons. The van der Waals surface area contributed by atoms with Gasteiger partial charge in [0.15, 0.2) is 0 Å². The maximum absolute atomic E-state index is 8.74. The molecule has 0 aliphatic carbocycles. The van der Waals surface area contributed by atoms with Crippen LogP contribution in [0, 0.1) is 0 Å². The average molecular weight is 95.8 g/mol. The first kappa shape index (κ1) is 8.96. The summed E-state index contributed by atoms with van der Waals surface area (Å²) in [6.45, 7) is 0. The SMILES string of the molecule is B.O=[PH](O)O. The smallest absolute Gasteiger partial charge is 0.314 e. The molecule has 3 nitrogen and oxygen atoms in total. The summed E-state index contributed by atoms with van der Waals surface area (Å²) >= 11 is 0. The Balaban J connectivity index is 0. The lowest BCUT2D eigenvalue weighted by atomic mass is 10.8. The quantitative estimate of drug-likeness (QED) is 0.275. The Hall–Kier alpha value is 0.215. The lowest BCUT2D eigenvalue weighted by Gasteiger charge is -1.61. The average Bonchev–Trinajstić information content (AvgIpc) is 0.811. The fourth-order valence-electron chi connectivity index (χ4n) is 0. The van der Waals surface area contributed by atoms with Gasteiger partial charge in [0.1, 0.15) is 0 Å². The van der Waals surface area contributed by atoms with Crippen molar-refractivity contribution < 1.29 is 14.4 Å². The molecular weight excluding hydrogens is 89.8 g/mol. The van der Waals surface area contributed by atoms with Crippen LogP contribution in [-0.2, 0) is 4.57 Å². The van der Waals surface area contributed by atoms with Crippen LogP contribution < -0.4 is 0 Å². The van der Waals surface area contributed by atoms with E-state index in [0.29, 0.717) is 0 Å². The molecule has 0 rings (SSSR count). The molecule has 0 aromatic carbocycles. The van der Waals surface area contributed by atoms with Crippen molar-refractivity contribution in [2.24, 2.45) is 0 Å². The van der Waals surface area contributed by atoms with Crippen molar-refractivity contribution in [1.82, 2.24) is 0 Å². The molecule has 0 spiro atoms. The highest BCUT2D eigenvalue weighted by molar-refractivity contribution is 7.30. The van der Waals surface area contributed by atoms with Gasteiger partial charge in [0.25, 0.3) is 0 Å². The topological polar surface area (TPSA) is 57.5 Å². The van der Waals surface area contributed by atoms with E-state index in [1.165, 1.54) is 0 Å². The van der Waals surface area contributed by atoms with E-state index in [2.05, 4.69) is 0 Å². The van der Waals surface area contributed by atoms with E-state index in [1.54, 1.807) is 0 Å². The first-order chi connectivity index (χ1) is 1.73. The van der Waals surface area contributed by atoms with Gasteiger partial charge in [0, 0.05) is 0 Å². The maximum atomic E-state index is 8.74. The Labute approximate surface area is 32.2 Å². The van der Waals surface area contributed by atoms with Gasteiger partial charge in [-0.3, -0.25) is 4.57 Å². The third kappa shape index (κ3) is 448. The predicted molar refractivity (Wildman–Crippen MR) is 23.4 cm³/mol. The highest BCUT2D eigenvalue weighted by Crippen LogP contribution is 1.98. The van der Waals surface area contributed by atoms with Crippen molar-refractivity contribution in [3.63, 3.8) is 0 Å². The number of hydrogen-bond donors (Lipinski definition) is 2. The standard InChI is InChI=1S/BH3.H3O3P/c;1-4(2)3/h1H3;4H,(H2,1,2,3). The summed E-state index contributed by atoms with van der Waals surface area (Å²) in [5, 5.41) is 0. The van der Waals surface area contributed by atoms with Gasteiger partial charge in [-0.05, 0) is 0 Å². The Morgan fingerprint density at radius 3 is 1.40 bits per heavy atom. The zero-order valence-electron chi connectivity index (χ0n) is 1.80. The van der Waals surface area contributed by atoms with E-state index < -0.39 is 8.25 Å². The lowest BCUT2D eigenvalue weighted by molar-refractivity contribution is 0.405. The van der Waals surface area contributed by atoms with Crippen LogP contribution in [0.1, 0.15) is 0 Å². The Kier molecular flexibility index (Phi) is 7.56. The van der Waals surface area contributed by atoms with Gasteiger partial charge in [-0.1, -0.05) is 0 Å². The molecule has 5 heteroatoms. The minimum absolute atomic E-state index is 0. The van der Waals surface area contributed by atoms with Gasteiger partial charge in [0.05, 0.1) is 8.41 Å². The third-order valence-corrected chi connectivity index (χ3v) is 0. The maximum Gasteiger partial charge on any atom is 0.314 e. The zero-order valence-corrected chi connectivity index (χ0v) is 2.80.